The van der Waals surface area contributed by atoms with E-state index in [2.05, 4.69) is 4.74 Å². The number of aryl methyl sites for hydroxylation is 1. The number of halogens is 3. The van der Waals surface area contributed by atoms with Gasteiger partial charge in [0.15, 0.2) is 6.61 Å². The second-order valence-corrected chi connectivity index (χ2v) is 5.58. The van der Waals surface area contributed by atoms with Crippen molar-refractivity contribution in [2.24, 2.45) is 0 Å². The highest BCUT2D eigenvalue weighted by atomic mass is 32.2. The number of urea groups is 1. The molecule has 0 aliphatic heterocycles. The molecule has 1 aromatic rings. The zero-order valence-corrected chi connectivity index (χ0v) is 13.4. The molecule has 132 valence electrons. The fourth-order valence-electron chi connectivity index (χ4n) is 1.43. The largest absolute Gasteiger partial charge is 0.455 e. The summed E-state index contributed by atoms with van der Waals surface area (Å²) in [6.45, 7) is -0.452. The van der Waals surface area contributed by atoms with E-state index in [0.29, 0.717) is 0 Å². The van der Waals surface area contributed by atoms with Crippen LogP contribution in [0.25, 0.3) is 0 Å². The maximum Gasteiger partial charge on any atom is 0.405 e. The second-order valence-electron chi connectivity index (χ2n) is 4.56. The molecule has 0 aliphatic rings. The SMILES string of the molecule is Cc1ccccc1SCC(=O)OCC(=O)NC(=O)NCC(F)(F)F. The number of hydrogen-bond donors (Lipinski definition) is 2. The first-order valence-electron chi connectivity index (χ1n) is 6.66. The maximum atomic E-state index is 11.9. The van der Waals surface area contributed by atoms with Crippen molar-refractivity contribution in [2.45, 2.75) is 18.0 Å². The van der Waals surface area contributed by atoms with Crippen molar-refractivity contribution >= 4 is 29.7 Å². The van der Waals surface area contributed by atoms with Crippen molar-refractivity contribution < 1.29 is 32.3 Å². The predicted molar refractivity (Wildman–Crippen MR) is 80.5 cm³/mol. The van der Waals surface area contributed by atoms with Gasteiger partial charge in [-0.1, -0.05) is 18.2 Å². The molecule has 0 radical (unpaired) electrons. The summed E-state index contributed by atoms with van der Waals surface area (Å²) in [6, 6.07) is 6.05. The Kier molecular flexibility index (Phi) is 7.56. The topological polar surface area (TPSA) is 84.5 Å². The summed E-state index contributed by atoms with van der Waals surface area (Å²) in [5, 5.41) is 3.07. The minimum atomic E-state index is -4.58. The molecule has 2 N–H and O–H groups in total. The fourth-order valence-corrected chi connectivity index (χ4v) is 2.26. The molecule has 0 atom stereocenters. The number of carbonyl (C=O) groups is 3. The number of imide groups is 1. The smallest absolute Gasteiger partial charge is 0.405 e. The van der Waals surface area contributed by atoms with E-state index in [1.54, 1.807) is 5.32 Å². The minimum Gasteiger partial charge on any atom is -0.455 e. The molecule has 6 nitrogen and oxygen atoms in total. The summed E-state index contributed by atoms with van der Waals surface area (Å²) < 4.78 is 40.2. The Bertz CT molecular complexity index is 608. The van der Waals surface area contributed by atoms with Gasteiger partial charge in [0.2, 0.25) is 0 Å². The molecule has 3 amide bonds. The van der Waals surface area contributed by atoms with Gasteiger partial charge in [0.05, 0.1) is 5.75 Å². The Hall–Kier alpha value is -2.23. The molecular weight excluding hydrogens is 349 g/mol. The summed E-state index contributed by atoms with van der Waals surface area (Å²) in [6.07, 6.45) is -4.58. The van der Waals surface area contributed by atoms with Gasteiger partial charge in [-0.05, 0) is 18.6 Å². The minimum absolute atomic E-state index is 0.0433. The summed E-state index contributed by atoms with van der Waals surface area (Å²) >= 11 is 1.22. The molecule has 0 bridgehead atoms. The number of ether oxygens (including phenoxy) is 1. The first kappa shape index (κ1) is 19.8. The number of esters is 1. The lowest BCUT2D eigenvalue weighted by atomic mass is 10.2. The molecule has 10 heteroatoms. The normalized spacial score (nSPS) is 10.8. The lowest BCUT2D eigenvalue weighted by Gasteiger charge is -2.09. The molecule has 0 aliphatic carbocycles. The summed E-state index contributed by atoms with van der Waals surface area (Å²) in [7, 11) is 0. The van der Waals surface area contributed by atoms with E-state index in [1.807, 2.05) is 31.2 Å². The van der Waals surface area contributed by atoms with Crippen LogP contribution < -0.4 is 10.6 Å². The van der Waals surface area contributed by atoms with Crippen molar-refractivity contribution in [3.05, 3.63) is 29.8 Å². The van der Waals surface area contributed by atoms with Gasteiger partial charge in [-0.3, -0.25) is 14.9 Å². The summed E-state index contributed by atoms with van der Waals surface area (Å²) in [4.78, 5) is 34.7. The van der Waals surface area contributed by atoms with Gasteiger partial charge in [-0.2, -0.15) is 13.2 Å². The number of alkyl halides is 3. The summed E-state index contributed by atoms with van der Waals surface area (Å²) in [5.41, 5.74) is 0.981. The fraction of sp³-hybridized carbons (Fsp3) is 0.357. The van der Waals surface area contributed by atoms with Crippen molar-refractivity contribution in [1.29, 1.82) is 0 Å². The van der Waals surface area contributed by atoms with Gasteiger partial charge in [0.25, 0.3) is 5.91 Å². The Labute approximate surface area is 140 Å². The van der Waals surface area contributed by atoms with E-state index in [9.17, 15) is 27.6 Å². The zero-order chi connectivity index (χ0) is 18.2. The van der Waals surface area contributed by atoms with E-state index >= 15 is 0 Å². The molecular formula is C14H15F3N2O4S. The van der Waals surface area contributed by atoms with Crippen LogP contribution in [0, 0.1) is 6.92 Å². The molecule has 24 heavy (non-hydrogen) atoms. The van der Waals surface area contributed by atoms with Crippen molar-refractivity contribution in [3.8, 4) is 0 Å². The van der Waals surface area contributed by atoms with Crippen LogP contribution in [-0.2, 0) is 14.3 Å². The second kappa shape index (κ2) is 9.16. The third-order valence-corrected chi connectivity index (χ3v) is 3.65. The van der Waals surface area contributed by atoms with Crippen LogP contribution in [0.4, 0.5) is 18.0 Å². The molecule has 0 aromatic heterocycles. The number of amides is 3. The Morgan fingerprint density at radius 1 is 1.21 bits per heavy atom. The molecule has 1 rings (SSSR count). The van der Waals surface area contributed by atoms with Crippen LogP contribution >= 0.6 is 11.8 Å². The molecule has 0 saturated carbocycles. The van der Waals surface area contributed by atoms with Gasteiger partial charge in [0, 0.05) is 4.90 Å². The van der Waals surface area contributed by atoms with E-state index in [1.165, 1.54) is 17.1 Å². The van der Waals surface area contributed by atoms with Gasteiger partial charge in [-0.15, -0.1) is 11.8 Å². The van der Waals surface area contributed by atoms with E-state index < -0.39 is 37.2 Å². The van der Waals surface area contributed by atoms with Crippen LogP contribution in [0.5, 0.6) is 0 Å². The Morgan fingerprint density at radius 2 is 1.88 bits per heavy atom. The number of carbonyl (C=O) groups excluding carboxylic acids is 3. The lowest BCUT2D eigenvalue weighted by Crippen LogP contribution is -2.44. The van der Waals surface area contributed by atoms with E-state index in [4.69, 9.17) is 0 Å². The molecule has 0 fully saturated rings. The van der Waals surface area contributed by atoms with Crippen LogP contribution in [0.3, 0.4) is 0 Å². The molecule has 0 spiro atoms. The zero-order valence-electron chi connectivity index (χ0n) is 12.6. The average molecular weight is 364 g/mol. The molecule has 1 aromatic carbocycles. The van der Waals surface area contributed by atoms with Crippen LogP contribution in [0.1, 0.15) is 5.56 Å². The summed E-state index contributed by atoms with van der Waals surface area (Å²) in [5.74, 6) is -1.75. The molecule has 0 saturated heterocycles. The third-order valence-electron chi connectivity index (χ3n) is 2.51. The van der Waals surface area contributed by atoms with Crippen molar-refractivity contribution in [1.82, 2.24) is 10.6 Å². The molecule has 0 unspecified atom stereocenters. The average Bonchev–Trinajstić information content (AvgIpc) is 2.49. The van der Waals surface area contributed by atoms with Gasteiger partial charge >= 0.3 is 18.2 Å². The first-order chi connectivity index (χ1) is 11.2. The quantitative estimate of drug-likeness (QED) is 0.596. The van der Waals surface area contributed by atoms with E-state index in [0.717, 1.165) is 10.5 Å². The lowest BCUT2D eigenvalue weighted by molar-refractivity contribution is -0.145. The number of hydrogen-bond acceptors (Lipinski definition) is 5. The third kappa shape index (κ3) is 8.42. The highest BCUT2D eigenvalue weighted by Gasteiger charge is 2.28. The monoisotopic (exact) mass is 364 g/mol. The van der Waals surface area contributed by atoms with E-state index in [-0.39, 0.29) is 5.75 Å². The van der Waals surface area contributed by atoms with Crippen LogP contribution in [-0.4, -0.2) is 43.0 Å². The Balaban J connectivity index is 2.25. The number of rotatable bonds is 6. The number of benzene rings is 1. The van der Waals surface area contributed by atoms with Gasteiger partial charge < -0.3 is 10.1 Å². The van der Waals surface area contributed by atoms with Crippen LogP contribution in [0.15, 0.2) is 29.2 Å². The predicted octanol–water partition coefficient (Wildman–Crippen LogP) is 2.02. The highest BCUT2D eigenvalue weighted by Crippen LogP contribution is 2.21. The number of nitrogens with one attached hydrogen (secondary N) is 2. The van der Waals surface area contributed by atoms with Crippen LogP contribution in [0.2, 0.25) is 0 Å². The first-order valence-corrected chi connectivity index (χ1v) is 7.64. The van der Waals surface area contributed by atoms with Gasteiger partial charge in [-0.25, -0.2) is 4.79 Å². The Morgan fingerprint density at radius 3 is 2.50 bits per heavy atom. The number of thioether (sulfide) groups is 1. The van der Waals surface area contributed by atoms with Gasteiger partial charge in [0.1, 0.15) is 6.54 Å². The highest BCUT2D eigenvalue weighted by molar-refractivity contribution is 8.00. The maximum absolute atomic E-state index is 11.9. The molecule has 0 heterocycles. The van der Waals surface area contributed by atoms with Crippen molar-refractivity contribution in [3.63, 3.8) is 0 Å². The standard InChI is InChI=1S/C14H15F3N2O4S/c1-9-4-2-3-5-10(9)24-7-12(21)23-6-11(20)19-13(22)18-8-14(15,16)17/h2-5H,6-8H2,1H3,(H2,18,19,20,22). The van der Waals surface area contributed by atoms with Crippen molar-refractivity contribution in [2.75, 3.05) is 18.9 Å².